The first-order valence-electron chi connectivity index (χ1n) is 17.1. The highest BCUT2D eigenvalue weighted by Crippen LogP contribution is 2.26. The van der Waals surface area contributed by atoms with Crippen LogP contribution in [0.2, 0.25) is 0 Å². The van der Waals surface area contributed by atoms with Crippen molar-refractivity contribution in [2.24, 2.45) is 0 Å². The molecule has 0 spiro atoms. The maximum absolute atomic E-state index is 12.6. The van der Waals surface area contributed by atoms with Gasteiger partial charge < -0.3 is 5.11 Å². The van der Waals surface area contributed by atoms with Crippen LogP contribution in [0.1, 0.15) is 49.3 Å². The van der Waals surface area contributed by atoms with Gasteiger partial charge in [0.2, 0.25) is 0 Å². The largest absolute Gasteiger partial charge is 0.508 e. The van der Waals surface area contributed by atoms with Crippen molar-refractivity contribution in [2.75, 3.05) is 19.6 Å². The van der Waals surface area contributed by atoms with Gasteiger partial charge in [0.25, 0.3) is 0 Å². The maximum atomic E-state index is 12.6. The third-order valence-corrected chi connectivity index (χ3v) is 14.6. The second kappa shape index (κ2) is 15.1. The van der Waals surface area contributed by atoms with Crippen LogP contribution in [0.15, 0.2) is 133 Å². The zero-order valence-electron chi connectivity index (χ0n) is 27.5. The number of benzene rings is 5. The molecule has 236 valence electrons. The van der Waals surface area contributed by atoms with E-state index in [0.717, 1.165) is 23.8 Å². The molecular weight excluding hydrogens is 577 g/mol. The molecule has 0 bridgehead atoms. The Morgan fingerprint density at radius 2 is 1.28 bits per heavy atom. The fraction of sp³-hybridized carbons (Fsp3) is 0.286. The molecule has 0 amide bonds. The van der Waals surface area contributed by atoms with E-state index in [4.69, 9.17) is 0 Å². The fourth-order valence-electron chi connectivity index (χ4n) is 7.61. The molecule has 1 atom stereocenters. The molecule has 0 radical (unpaired) electrons. The number of unbranched alkanes of at least 4 members (excludes halogenated alkanes) is 1. The molecule has 1 N–H and O–H groups in total. The van der Waals surface area contributed by atoms with E-state index in [1.54, 1.807) is 0 Å². The van der Waals surface area contributed by atoms with Crippen molar-refractivity contribution in [1.82, 2.24) is 9.80 Å². The van der Waals surface area contributed by atoms with Gasteiger partial charge in [-0.05, 0) is 65.6 Å². The number of aromatic hydroxyl groups is 1. The summed E-state index contributed by atoms with van der Waals surface area (Å²) in [5, 5.41) is 17.5. The van der Waals surface area contributed by atoms with E-state index < -0.39 is 8.07 Å². The lowest BCUT2D eigenvalue weighted by atomic mass is 10.1. The summed E-state index contributed by atoms with van der Waals surface area (Å²) in [5.41, 5.74) is 3.52. The molecule has 0 unspecified atom stereocenters. The first kappa shape index (κ1) is 32.0. The Bertz CT molecular complexity index is 1560. The minimum atomic E-state index is -2.87. The van der Waals surface area contributed by atoms with Crippen LogP contribution in [0, 0.1) is 6.92 Å². The SMILES string of the molecule is CCCCN1CCC[C@H]1CN(Cc1ccccc1)Cc1cc(C)cc([Si](c2ccccc2)(c2ccccc2)c2ccccc2)c1O. The molecule has 1 saturated heterocycles. The Kier molecular flexibility index (Phi) is 10.5. The van der Waals surface area contributed by atoms with Crippen molar-refractivity contribution in [3.63, 3.8) is 0 Å². The predicted molar refractivity (Wildman–Crippen MR) is 197 cm³/mol. The van der Waals surface area contributed by atoms with E-state index in [-0.39, 0.29) is 0 Å². The molecule has 1 heterocycles. The van der Waals surface area contributed by atoms with Crippen LogP contribution < -0.4 is 20.7 Å². The van der Waals surface area contributed by atoms with Crippen LogP contribution in [0.5, 0.6) is 5.75 Å². The van der Waals surface area contributed by atoms with Crippen molar-refractivity contribution < 1.29 is 5.11 Å². The highest BCUT2D eigenvalue weighted by Gasteiger charge is 2.44. The Labute approximate surface area is 277 Å². The first-order valence-corrected chi connectivity index (χ1v) is 19.1. The Hall–Kier alpha value is -3.96. The average molecular weight is 625 g/mol. The van der Waals surface area contributed by atoms with E-state index in [2.05, 4.69) is 157 Å². The summed E-state index contributed by atoms with van der Waals surface area (Å²) in [5.74, 6) is 0.446. The second-order valence-corrected chi connectivity index (χ2v) is 16.8. The highest BCUT2D eigenvalue weighted by molar-refractivity contribution is 7.20. The number of nitrogens with zero attached hydrogens (tertiary/aromatic N) is 2. The van der Waals surface area contributed by atoms with Crippen LogP contribution in [-0.2, 0) is 13.1 Å². The van der Waals surface area contributed by atoms with E-state index in [1.807, 2.05) is 0 Å². The molecule has 46 heavy (non-hydrogen) atoms. The summed E-state index contributed by atoms with van der Waals surface area (Å²) in [6.07, 6.45) is 4.99. The summed E-state index contributed by atoms with van der Waals surface area (Å²) in [6, 6.07) is 48.6. The van der Waals surface area contributed by atoms with Crippen LogP contribution in [0.25, 0.3) is 0 Å². The fourth-order valence-corrected chi connectivity index (χ4v) is 12.6. The number of rotatable bonds is 13. The van der Waals surface area contributed by atoms with Crippen LogP contribution >= 0.6 is 0 Å². The summed E-state index contributed by atoms with van der Waals surface area (Å²) in [4.78, 5) is 5.29. The molecule has 1 aliphatic rings. The molecule has 0 saturated carbocycles. The number of likely N-dealkylation sites (tertiary alicyclic amines) is 1. The summed E-state index contributed by atoms with van der Waals surface area (Å²) in [7, 11) is -2.87. The Morgan fingerprint density at radius 3 is 1.83 bits per heavy atom. The van der Waals surface area contributed by atoms with Crippen molar-refractivity contribution >= 4 is 28.8 Å². The van der Waals surface area contributed by atoms with Crippen molar-refractivity contribution in [1.29, 1.82) is 0 Å². The van der Waals surface area contributed by atoms with Crippen molar-refractivity contribution in [3.8, 4) is 5.75 Å². The lowest BCUT2D eigenvalue weighted by molar-refractivity contribution is 0.159. The van der Waals surface area contributed by atoms with E-state index in [1.165, 1.54) is 65.5 Å². The molecule has 1 fully saturated rings. The maximum Gasteiger partial charge on any atom is 0.183 e. The minimum Gasteiger partial charge on any atom is -0.508 e. The molecule has 1 aliphatic heterocycles. The molecular formula is C42H48N2OSi. The van der Waals surface area contributed by atoms with Crippen molar-refractivity contribution in [3.05, 3.63) is 150 Å². The average Bonchev–Trinajstić information content (AvgIpc) is 3.54. The molecule has 6 rings (SSSR count). The molecule has 5 aromatic carbocycles. The monoisotopic (exact) mass is 624 g/mol. The normalized spacial score (nSPS) is 15.4. The topological polar surface area (TPSA) is 26.7 Å². The van der Waals surface area contributed by atoms with Crippen molar-refractivity contribution in [2.45, 2.75) is 58.7 Å². The number of hydrogen-bond acceptors (Lipinski definition) is 3. The smallest absolute Gasteiger partial charge is 0.183 e. The number of phenolic OH excluding ortho intramolecular Hbond substituents is 1. The third-order valence-electron chi connectivity index (χ3n) is 9.77. The highest BCUT2D eigenvalue weighted by atomic mass is 28.3. The summed E-state index contributed by atoms with van der Waals surface area (Å²) >= 11 is 0. The third kappa shape index (κ3) is 6.90. The van der Waals surface area contributed by atoms with Crippen LogP contribution in [0.3, 0.4) is 0 Å². The Balaban J connectivity index is 1.47. The minimum absolute atomic E-state index is 0.446. The number of hydrogen-bond donors (Lipinski definition) is 1. The molecule has 3 nitrogen and oxygen atoms in total. The zero-order chi connectivity index (χ0) is 31.8. The van der Waals surface area contributed by atoms with Gasteiger partial charge in [-0.3, -0.25) is 9.80 Å². The van der Waals surface area contributed by atoms with Gasteiger partial charge in [-0.2, -0.15) is 0 Å². The number of aryl methyl sites for hydroxylation is 1. The van der Waals surface area contributed by atoms with Crippen LogP contribution in [-0.4, -0.2) is 48.7 Å². The van der Waals surface area contributed by atoms with Gasteiger partial charge in [0.05, 0.1) is 0 Å². The molecule has 4 heteroatoms. The predicted octanol–water partition coefficient (Wildman–Crippen LogP) is 6.34. The van der Waals surface area contributed by atoms with Gasteiger partial charge in [-0.25, -0.2) is 0 Å². The summed E-state index contributed by atoms with van der Waals surface area (Å²) in [6.45, 7) is 9.42. The van der Waals surface area contributed by atoms with Gasteiger partial charge in [-0.1, -0.05) is 152 Å². The van der Waals surface area contributed by atoms with Gasteiger partial charge in [-0.15, -0.1) is 0 Å². The van der Waals surface area contributed by atoms with Crippen LogP contribution in [0.4, 0.5) is 0 Å². The van der Waals surface area contributed by atoms with Gasteiger partial charge in [0.1, 0.15) is 5.75 Å². The van der Waals surface area contributed by atoms with E-state index in [9.17, 15) is 5.11 Å². The molecule has 0 aliphatic carbocycles. The van der Waals surface area contributed by atoms with E-state index in [0.29, 0.717) is 18.3 Å². The summed E-state index contributed by atoms with van der Waals surface area (Å²) < 4.78 is 0. The molecule has 0 aromatic heterocycles. The molecule has 5 aromatic rings. The Morgan fingerprint density at radius 1 is 0.739 bits per heavy atom. The van der Waals surface area contributed by atoms with Gasteiger partial charge in [0, 0.05) is 31.2 Å². The lowest BCUT2D eigenvalue weighted by Crippen LogP contribution is -2.74. The second-order valence-electron chi connectivity index (χ2n) is 13.0. The standard InChI is InChI=1S/C42H48N2OSi/c1-3-4-27-44-28-17-20-37(44)33-43(31-35-18-9-5-10-19-35)32-36-29-34(2)30-41(42(36)45)46(38-21-11-6-12-22-38,39-23-13-7-14-24-39)40-25-15-8-16-26-40/h5-16,18-19,21-26,29-30,37,45H,3-4,17,20,27-28,31-33H2,1-2H3/t37-/m0/s1. The van der Waals surface area contributed by atoms with E-state index >= 15 is 0 Å². The van der Waals surface area contributed by atoms with Gasteiger partial charge >= 0.3 is 0 Å². The van der Waals surface area contributed by atoms with Gasteiger partial charge in [0.15, 0.2) is 8.07 Å². The first-order chi connectivity index (χ1) is 22.6. The number of phenols is 1. The zero-order valence-corrected chi connectivity index (χ0v) is 28.5. The quantitative estimate of drug-likeness (QED) is 0.122. The lowest BCUT2D eigenvalue weighted by Gasteiger charge is -2.36.